The largest absolute Gasteiger partial charge is 0.325 e. The summed E-state index contributed by atoms with van der Waals surface area (Å²) in [5.41, 5.74) is 16.4. The van der Waals surface area contributed by atoms with Gasteiger partial charge in [0.2, 0.25) is 0 Å². The first-order valence-corrected chi connectivity index (χ1v) is 3.46. The highest BCUT2D eigenvalue weighted by atomic mass is 35.5. The van der Waals surface area contributed by atoms with Crippen LogP contribution in [0.15, 0.2) is 0 Å². The lowest BCUT2D eigenvalue weighted by molar-refractivity contribution is 0.261. The second-order valence-electron chi connectivity index (χ2n) is 2.96. The van der Waals surface area contributed by atoms with E-state index in [-0.39, 0.29) is 18.4 Å². The fourth-order valence-electron chi connectivity index (χ4n) is 1.25. The first-order chi connectivity index (χ1) is 4.13. The van der Waals surface area contributed by atoms with Gasteiger partial charge in [-0.3, -0.25) is 0 Å². The lowest BCUT2D eigenvalue weighted by atomic mass is 9.86. The summed E-state index contributed by atoms with van der Waals surface area (Å²) in [6, 6.07) is 0.00579. The van der Waals surface area contributed by atoms with E-state index in [1.165, 1.54) is 6.42 Å². The maximum Gasteiger partial charge on any atom is 0.0792 e. The highest BCUT2D eigenvalue weighted by Crippen LogP contribution is 2.19. The lowest BCUT2D eigenvalue weighted by Crippen LogP contribution is -2.63. The van der Waals surface area contributed by atoms with Gasteiger partial charge in [-0.2, -0.15) is 0 Å². The van der Waals surface area contributed by atoms with Crippen LogP contribution in [-0.4, -0.2) is 11.7 Å². The van der Waals surface area contributed by atoms with E-state index in [0.717, 1.165) is 19.3 Å². The minimum atomic E-state index is -0.585. The Labute approximate surface area is 67.7 Å². The van der Waals surface area contributed by atoms with E-state index in [0.29, 0.717) is 0 Å². The highest BCUT2D eigenvalue weighted by molar-refractivity contribution is 5.85. The SMILES string of the molecule is Cl.NC1CCCCC1(N)N. The summed E-state index contributed by atoms with van der Waals surface area (Å²) in [4.78, 5) is 0. The molecule has 1 saturated carbocycles. The average molecular weight is 166 g/mol. The molecule has 1 aliphatic carbocycles. The first-order valence-electron chi connectivity index (χ1n) is 3.46. The Kier molecular flexibility index (Phi) is 3.59. The van der Waals surface area contributed by atoms with Crippen LogP contribution >= 0.6 is 12.4 Å². The average Bonchev–Trinajstić information content (AvgIpc) is 1.77. The van der Waals surface area contributed by atoms with Crippen LogP contribution in [0.1, 0.15) is 25.7 Å². The van der Waals surface area contributed by atoms with Crippen molar-refractivity contribution in [3.05, 3.63) is 0 Å². The van der Waals surface area contributed by atoms with Gasteiger partial charge in [-0.15, -0.1) is 12.4 Å². The van der Waals surface area contributed by atoms with Crippen molar-refractivity contribution in [2.24, 2.45) is 17.2 Å². The summed E-state index contributed by atoms with van der Waals surface area (Å²) in [7, 11) is 0. The quantitative estimate of drug-likeness (QED) is 0.440. The molecule has 0 aliphatic heterocycles. The zero-order valence-corrected chi connectivity index (χ0v) is 6.86. The Morgan fingerprint density at radius 3 is 2.10 bits per heavy atom. The van der Waals surface area contributed by atoms with Crippen LogP contribution < -0.4 is 17.2 Å². The zero-order chi connectivity index (χ0) is 6.91. The first kappa shape index (κ1) is 10.2. The molecule has 0 saturated heterocycles. The van der Waals surface area contributed by atoms with Crippen molar-refractivity contribution in [3.63, 3.8) is 0 Å². The molecule has 0 amide bonds. The smallest absolute Gasteiger partial charge is 0.0792 e. The van der Waals surface area contributed by atoms with Crippen LogP contribution in [0.25, 0.3) is 0 Å². The van der Waals surface area contributed by atoms with E-state index in [4.69, 9.17) is 17.2 Å². The normalized spacial score (nSPS) is 30.9. The van der Waals surface area contributed by atoms with Gasteiger partial charge in [-0.25, -0.2) is 0 Å². The van der Waals surface area contributed by atoms with Crippen molar-refractivity contribution < 1.29 is 0 Å². The molecule has 1 atom stereocenters. The van der Waals surface area contributed by atoms with Crippen molar-refractivity contribution in [2.75, 3.05) is 0 Å². The van der Waals surface area contributed by atoms with Crippen LogP contribution in [0.4, 0.5) is 0 Å². The van der Waals surface area contributed by atoms with Gasteiger partial charge in [0, 0.05) is 6.04 Å². The van der Waals surface area contributed by atoms with Gasteiger partial charge in [-0.1, -0.05) is 12.8 Å². The molecule has 0 aromatic rings. The summed E-state index contributed by atoms with van der Waals surface area (Å²) in [6.45, 7) is 0. The van der Waals surface area contributed by atoms with Crippen LogP contribution in [0.2, 0.25) is 0 Å². The molecule has 6 N–H and O–H groups in total. The summed E-state index contributed by atoms with van der Waals surface area (Å²) in [5, 5.41) is 0. The summed E-state index contributed by atoms with van der Waals surface area (Å²) in [5.74, 6) is 0. The maximum absolute atomic E-state index is 5.67. The molecule has 62 valence electrons. The molecule has 0 aromatic carbocycles. The molecular weight excluding hydrogens is 150 g/mol. The van der Waals surface area contributed by atoms with E-state index in [9.17, 15) is 0 Å². The monoisotopic (exact) mass is 165 g/mol. The Bertz CT molecular complexity index is 105. The number of rotatable bonds is 0. The minimum Gasteiger partial charge on any atom is -0.325 e. The third-order valence-corrected chi connectivity index (χ3v) is 2.07. The van der Waals surface area contributed by atoms with E-state index < -0.39 is 5.66 Å². The van der Waals surface area contributed by atoms with Crippen molar-refractivity contribution in [3.8, 4) is 0 Å². The molecule has 1 rings (SSSR count). The molecular formula is C6H16ClN3. The van der Waals surface area contributed by atoms with Gasteiger partial charge in [0.25, 0.3) is 0 Å². The zero-order valence-electron chi connectivity index (χ0n) is 6.05. The van der Waals surface area contributed by atoms with Gasteiger partial charge in [0.05, 0.1) is 5.66 Å². The number of halogens is 1. The Hall–Kier alpha value is 0.170. The van der Waals surface area contributed by atoms with Crippen LogP contribution in [0.3, 0.4) is 0 Å². The maximum atomic E-state index is 5.67. The van der Waals surface area contributed by atoms with Crippen molar-refractivity contribution >= 4 is 12.4 Å². The third kappa shape index (κ3) is 2.09. The number of hydrogen-bond donors (Lipinski definition) is 3. The van der Waals surface area contributed by atoms with E-state index in [1.807, 2.05) is 0 Å². The Balaban J connectivity index is 0.000000810. The van der Waals surface area contributed by atoms with Gasteiger partial charge >= 0.3 is 0 Å². The molecule has 10 heavy (non-hydrogen) atoms. The van der Waals surface area contributed by atoms with Gasteiger partial charge in [-0.05, 0) is 12.8 Å². The fraction of sp³-hybridized carbons (Fsp3) is 1.00. The molecule has 0 radical (unpaired) electrons. The predicted octanol–water partition coefficient (Wildman–Crippen LogP) is -0.0768. The standard InChI is InChI=1S/C6H15N3.ClH/c7-5-3-1-2-4-6(5,8)9;/h5H,1-4,7-9H2;1H. The molecule has 0 heterocycles. The minimum absolute atomic E-state index is 0. The predicted molar refractivity (Wildman–Crippen MR) is 44.8 cm³/mol. The fourth-order valence-corrected chi connectivity index (χ4v) is 1.25. The second-order valence-corrected chi connectivity index (χ2v) is 2.96. The summed E-state index contributed by atoms with van der Waals surface area (Å²) >= 11 is 0. The lowest BCUT2D eigenvalue weighted by Gasteiger charge is -2.35. The Morgan fingerprint density at radius 2 is 1.80 bits per heavy atom. The summed E-state index contributed by atoms with van der Waals surface area (Å²) < 4.78 is 0. The van der Waals surface area contributed by atoms with Crippen LogP contribution in [-0.2, 0) is 0 Å². The molecule has 3 nitrogen and oxygen atoms in total. The van der Waals surface area contributed by atoms with Gasteiger partial charge < -0.3 is 17.2 Å². The van der Waals surface area contributed by atoms with Crippen molar-refractivity contribution in [2.45, 2.75) is 37.4 Å². The molecule has 1 aliphatic rings. The van der Waals surface area contributed by atoms with Crippen molar-refractivity contribution in [1.29, 1.82) is 0 Å². The van der Waals surface area contributed by atoms with E-state index in [2.05, 4.69) is 0 Å². The van der Waals surface area contributed by atoms with Gasteiger partial charge in [0.1, 0.15) is 0 Å². The third-order valence-electron chi connectivity index (χ3n) is 2.07. The molecule has 0 bridgehead atoms. The van der Waals surface area contributed by atoms with Crippen LogP contribution in [0.5, 0.6) is 0 Å². The van der Waals surface area contributed by atoms with Crippen LogP contribution in [0, 0.1) is 0 Å². The van der Waals surface area contributed by atoms with Gasteiger partial charge in [0.15, 0.2) is 0 Å². The van der Waals surface area contributed by atoms with E-state index >= 15 is 0 Å². The summed E-state index contributed by atoms with van der Waals surface area (Å²) in [6.07, 6.45) is 4.15. The number of hydrogen-bond acceptors (Lipinski definition) is 3. The molecule has 4 heteroatoms. The Morgan fingerprint density at radius 1 is 1.20 bits per heavy atom. The molecule has 0 spiro atoms. The molecule has 1 unspecified atom stereocenters. The second kappa shape index (κ2) is 3.53. The van der Waals surface area contributed by atoms with Crippen molar-refractivity contribution in [1.82, 2.24) is 0 Å². The molecule has 0 aromatic heterocycles. The topological polar surface area (TPSA) is 78.1 Å². The number of nitrogens with two attached hydrogens (primary N) is 3. The highest BCUT2D eigenvalue weighted by Gasteiger charge is 2.29. The molecule has 1 fully saturated rings. The van der Waals surface area contributed by atoms with E-state index in [1.54, 1.807) is 0 Å².